The van der Waals surface area contributed by atoms with Crippen LogP contribution in [0.3, 0.4) is 0 Å². The van der Waals surface area contributed by atoms with Gasteiger partial charge in [0, 0.05) is 16.6 Å². The third-order valence-corrected chi connectivity index (χ3v) is 2.81. The van der Waals surface area contributed by atoms with Gasteiger partial charge in [0.1, 0.15) is 0 Å². The quantitative estimate of drug-likeness (QED) is 0.731. The highest BCUT2D eigenvalue weighted by atomic mass is 16.1. The number of nitrogens with two attached hydrogens (primary N) is 1. The van der Waals surface area contributed by atoms with E-state index >= 15 is 0 Å². The number of aromatic nitrogens is 1. The lowest BCUT2D eigenvalue weighted by Gasteiger charge is -2.01. The molecule has 3 N–H and O–H groups in total. The van der Waals surface area contributed by atoms with E-state index in [0.29, 0.717) is 5.56 Å². The van der Waals surface area contributed by atoms with Gasteiger partial charge >= 0.3 is 0 Å². The minimum absolute atomic E-state index is 0.368. The Balaban J connectivity index is 2.98. The summed E-state index contributed by atoms with van der Waals surface area (Å²) >= 11 is 0. The minimum atomic E-state index is -0.368. The Morgan fingerprint density at radius 2 is 1.80 bits per heavy atom. The Kier molecular flexibility index (Phi) is 2.03. The molecule has 0 atom stereocenters. The van der Waals surface area contributed by atoms with Crippen molar-refractivity contribution in [3.05, 3.63) is 34.5 Å². The lowest BCUT2D eigenvalue weighted by atomic mass is 10.0. The number of aryl methyl sites for hydroxylation is 3. The standard InChI is InChI=1S/C12H14N2O/c1-6-4-5-7(2)11-9(6)10(12(13)15)8(3)14-11/h4-5,14H,1-3H3,(H2,13,15). The summed E-state index contributed by atoms with van der Waals surface area (Å²) in [6.45, 7) is 5.88. The van der Waals surface area contributed by atoms with Crippen LogP contribution < -0.4 is 5.73 Å². The van der Waals surface area contributed by atoms with E-state index in [-0.39, 0.29) is 5.91 Å². The summed E-state index contributed by atoms with van der Waals surface area (Å²) in [6, 6.07) is 4.05. The van der Waals surface area contributed by atoms with Crippen molar-refractivity contribution < 1.29 is 4.79 Å². The van der Waals surface area contributed by atoms with Crippen molar-refractivity contribution >= 4 is 16.8 Å². The molecule has 0 aliphatic rings. The number of benzene rings is 1. The first-order valence-corrected chi connectivity index (χ1v) is 4.90. The summed E-state index contributed by atoms with van der Waals surface area (Å²) in [5.41, 5.74) is 10.1. The first-order chi connectivity index (χ1) is 7.02. The molecule has 0 saturated carbocycles. The van der Waals surface area contributed by atoms with E-state index < -0.39 is 0 Å². The molecule has 0 aliphatic heterocycles. The van der Waals surface area contributed by atoms with Crippen molar-refractivity contribution in [3.63, 3.8) is 0 Å². The van der Waals surface area contributed by atoms with Crippen molar-refractivity contribution in [3.8, 4) is 0 Å². The van der Waals surface area contributed by atoms with Gasteiger partial charge in [-0.15, -0.1) is 0 Å². The average molecular weight is 202 g/mol. The summed E-state index contributed by atoms with van der Waals surface area (Å²) in [5, 5.41) is 0.958. The third-order valence-electron chi connectivity index (χ3n) is 2.81. The van der Waals surface area contributed by atoms with Crippen molar-refractivity contribution in [1.82, 2.24) is 4.98 Å². The Morgan fingerprint density at radius 3 is 2.40 bits per heavy atom. The first-order valence-electron chi connectivity index (χ1n) is 4.90. The monoisotopic (exact) mass is 202 g/mol. The molecular weight excluding hydrogens is 188 g/mol. The lowest BCUT2D eigenvalue weighted by molar-refractivity contribution is 0.100. The van der Waals surface area contributed by atoms with E-state index in [1.807, 2.05) is 32.9 Å². The van der Waals surface area contributed by atoms with Gasteiger partial charge in [0.25, 0.3) is 5.91 Å². The van der Waals surface area contributed by atoms with Crippen LogP contribution in [-0.2, 0) is 0 Å². The summed E-state index contributed by atoms with van der Waals surface area (Å²) in [5.74, 6) is -0.368. The smallest absolute Gasteiger partial charge is 0.251 e. The van der Waals surface area contributed by atoms with Gasteiger partial charge in [0.2, 0.25) is 0 Å². The van der Waals surface area contributed by atoms with E-state index in [1.165, 1.54) is 0 Å². The highest BCUT2D eigenvalue weighted by Crippen LogP contribution is 2.27. The normalized spacial score (nSPS) is 10.9. The summed E-state index contributed by atoms with van der Waals surface area (Å²) < 4.78 is 0. The van der Waals surface area contributed by atoms with Crippen LogP contribution in [0.1, 0.15) is 27.2 Å². The van der Waals surface area contributed by atoms with Crippen molar-refractivity contribution in [2.75, 3.05) is 0 Å². The summed E-state index contributed by atoms with van der Waals surface area (Å²) in [6.07, 6.45) is 0. The molecule has 1 aromatic carbocycles. The molecule has 1 aromatic heterocycles. The van der Waals surface area contributed by atoms with Gasteiger partial charge < -0.3 is 10.7 Å². The molecule has 0 spiro atoms. The molecule has 1 amide bonds. The highest BCUT2D eigenvalue weighted by Gasteiger charge is 2.15. The second-order valence-electron chi connectivity index (χ2n) is 3.94. The number of primary amides is 1. The number of aromatic amines is 1. The molecule has 78 valence electrons. The maximum absolute atomic E-state index is 11.4. The van der Waals surface area contributed by atoms with Crippen LogP contribution in [0.5, 0.6) is 0 Å². The van der Waals surface area contributed by atoms with Crippen molar-refractivity contribution in [2.45, 2.75) is 20.8 Å². The van der Waals surface area contributed by atoms with Crippen molar-refractivity contribution in [1.29, 1.82) is 0 Å². The van der Waals surface area contributed by atoms with Gasteiger partial charge in [0.05, 0.1) is 5.56 Å². The molecular formula is C12H14N2O. The number of carbonyl (C=O) groups is 1. The molecule has 2 rings (SSSR count). The first kappa shape index (κ1) is 9.77. The van der Waals surface area contributed by atoms with E-state index in [1.54, 1.807) is 0 Å². The number of hydrogen-bond donors (Lipinski definition) is 2. The van der Waals surface area contributed by atoms with E-state index in [0.717, 1.165) is 27.7 Å². The summed E-state index contributed by atoms with van der Waals surface area (Å²) in [4.78, 5) is 14.6. The fourth-order valence-corrected chi connectivity index (χ4v) is 2.04. The maximum Gasteiger partial charge on any atom is 0.251 e. The largest absolute Gasteiger partial charge is 0.366 e. The van der Waals surface area contributed by atoms with E-state index in [9.17, 15) is 4.79 Å². The van der Waals surface area contributed by atoms with Gasteiger partial charge in [-0.25, -0.2) is 0 Å². The molecule has 15 heavy (non-hydrogen) atoms. The summed E-state index contributed by atoms with van der Waals surface area (Å²) in [7, 11) is 0. The molecule has 0 radical (unpaired) electrons. The van der Waals surface area contributed by atoms with Crippen LogP contribution in [-0.4, -0.2) is 10.9 Å². The van der Waals surface area contributed by atoms with Crippen LogP contribution in [0.2, 0.25) is 0 Å². The third kappa shape index (κ3) is 1.31. The molecule has 0 bridgehead atoms. The Hall–Kier alpha value is -1.77. The number of H-pyrrole nitrogens is 1. The van der Waals surface area contributed by atoms with Crippen LogP contribution in [0.25, 0.3) is 10.9 Å². The molecule has 2 aromatic rings. The fourth-order valence-electron chi connectivity index (χ4n) is 2.04. The SMILES string of the molecule is Cc1[nH]c2c(C)ccc(C)c2c1C(N)=O. The maximum atomic E-state index is 11.4. The molecule has 0 fully saturated rings. The zero-order valence-corrected chi connectivity index (χ0v) is 9.14. The average Bonchev–Trinajstić information content (AvgIpc) is 2.50. The number of hydrogen-bond acceptors (Lipinski definition) is 1. The van der Waals surface area contributed by atoms with Crippen LogP contribution in [0.4, 0.5) is 0 Å². The highest BCUT2D eigenvalue weighted by molar-refractivity contribution is 6.09. The van der Waals surface area contributed by atoms with Gasteiger partial charge in [0.15, 0.2) is 0 Å². The number of fused-ring (bicyclic) bond motifs is 1. The predicted octanol–water partition coefficient (Wildman–Crippen LogP) is 2.19. The topological polar surface area (TPSA) is 58.9 Å². The van der Waals surface area contributed by atoms with Gasteiger partial charge in [-0.05, 0) is 31.9 Å². The Bertz CT molecular complexity index is 552. The number of amides is 1. The van der Waals surface area contributed by atoms with Gasteiger partial charge in [-0.1, -0.05) is 12.1 Å². The molecule has 3 heteroatoms. The van der Waals surface area contributed by atoms with E-state index in [2.05, 4.69) is 4.98 Å². The number of nitrogens with one attached hydrogen (secondary N) is 1. The second-order valence-corrected chi connectivity index (χ2v) is 3.94. The molecule has 0 unspecified atom stereocenters. The van der Waals surface area contributed by atoms with Gasteiger partial charge in [-0.2, -0.15) is 0 Å². The van der Waals surface area contributed by atoms with Gasteiger partial charge in [-0.3, -0.25) is 4.79 Å². The zero-order valence-electron chi connectivity index (χ0n) is 9.14. The molecule has 0 saturated heterocycles. The van der Waals surface area contributed by atoms with E-state index in [4.69, 9.17) is 5.73 Å². The molecule has 1 heterocycles. The molecule has 3 nitrogen and oxygen atoms in total. The van der Waals surface area contributed by atoms with Crippen molar-refractivity contribution in [2.24, 2.45) is 5.73 Å². The number of rotatable bonds is 1. The minimum Gasteiger partial charge on any atom is -0.366 e. The Morgan fingerprint density at radius 1 is 1.20 bits per heavy atom. The second kappa shape index (κ2) is 3.12. The van der Waals surface area contributed by atoms with Crippen LogP contribution >= 0.6 is 0 Å². The predicted molar refractivity (Wildman–Crippen MR) is 61.0 cm³/mol. The van der Waals surface area contributed by atoms with Crippen LogP contribution in [0, 0.1) is 20.8 Å². The Labute approximate surface area is 88.3 Å². The lowest BCUT2D eigenvalue weighted by Crippen LogP contribution is -2.12. The fraction of sp³-hybridized carbons (Fsp3) is 0.250. The number of carbonyl (C=O) groups excluding carboxylic acids is 1. The van der Waals surface area contributed by atoms with Crippen LogP contribution in [0.15, 0.2) is 12.1 Å². The molecule has 0 aliphatic carbocycles. The zero-order chi connectivity index (χ0) is 11.2.